The fourth-order valence-electron chi connectivity index (χ4n) is 6.09. The summed E-state index contributed by atoms with van der Waals surface area (Å²) >= 11 is 0. The highest BCUT2D eigenvalue weighted by atomic mass is 19.1. The maximum absolute atomic E-state index is 13.7. The first-order valence-electron chi connectivity index (χ1n) is 13.7. The van der Waals surface area contributed by atoms with Gasteiger partial charge in [-0.25, -0.2) is 14.1 Å². The topological polar surface area (TPSA) is 96.1 Å². The van der Waals surface area contributed by atoms with Crippen molar-refractivity contribution in [2.45, 2.75) is 56.5 Å². The van der Waals surface area contributed by atoms with Crippen LogP contribution in [0.1, 0.15) is 55.7 Å². The molecule has 0 radical (unpaired) electrons. The molecule has 9 nitrogen and oxygen atoms in total. The second-order valence-corrected chi connectivity index (χ2v) is 10.7. The van der Waals surface area contributed by atoms with Crippen molar-refractivity contribution in [1.29, 1.82) is 0 Å². The number of benzene rings is 1. The summed E-state index contributed by atoms with van der Waals surface area (Å²) in [4.78, 5) is 9.53. The van der Waals surface area contributed by atoms with Gasteiger partial charge >= 0.3 is 0 Å². The van der Waals surface area contributed by atoms with E-state index in [1.54, 1.807) is 23.9 Å². The predicted molar refractivity (Wildman–Crippen MR) is 141 cm³/mol. The number of nitrogens with zero attached hydrogens (tertiary/aromatic N) is 5. The largest absolute Gasteiger partial charge is 0.382 e. The molecule has 2 saturated heterocycles. The van der Waals surface area contributed by atoms with Gasteiger partial charge in [-0.3, -0.25) is 4.90 Å². The van der Waals surface area contributed by atoms with Crippen LogP contribution in [0, 0.1) is 5.82 Å². The molecule has 204 valence electrons. The molecule has 3 fully saturated rings. The number of aliphatic hydroxyl groups is 2. The standard InChI is InChI=1S/C28H36FN5O4/c1-37-17-22-16-33(13-14-38-22)20-9-11-32(12-10-20)24-15-23(28(35)36)30-27-25(24)26(18-3-2-4-18)31-34(27)21-7-5-19(29)6-8-21/h5-8,15,18,20,22,28,35-36H,2-4,9-14,16-17H2,1H3. The van der Waals surface area contributed by atoms with Crippen molar-refractivity contribution in [1.82, 2.24) is 19.7 Å². The van der Waals surface area contributed by atoms with Crippen molar-refractivity contribution >= 4 is 16.7 Å². The van der Waals surface area contributed by atoms with Gasteiger partial charge in [0.1, 0.15) is 11.5 Å². The molecule has 3 aliphatic rings. The van der Waals surface area contributed by atoms with E-state index < -0.39 is 6.29 Å². The van der Waals surface area contributed by atoms with Gasteiger partial charge in [0.2, 0.25) is 0 Å². The number of morpholine rings is 1. The van der Waals surface area contributed by atoms with Crippen LogP contribution in [-0.4, -0.2) is 88.5 Å². The second-order valence-electron chi connectivity index (χ2n) is 10.7. The molecule has 1 aromatic carbocycles. The maximum atomic E-state index is 13.7. The molecule has 10 heteroatoms. The van der Waals surface area contributed by atoms with Gasteiger partial charge in [-0.1, -0.05) is 6.42 Å². The summed E-state index contributed by atoms with van der Waals surface area (Å²) in [6.07, 6.45) is 3.73. The number of hydrogen-bond acceptors (Lipinski definition) is 8. The van der Waals surface area contributed by atoms with Gasteiger partial charge in [-0.15, -0.1) is 0 Å². The molecule has 1 unspecified atom stereocenters. The third-order valence-corrected chi connectivity index (χ3v) is 8.34. The Balaban J connectivity index is 1.34. The van der Waals surface area contributed by atoms with Crippen LogP contribution < -0.4 is 4.90 Å². The van der Waals surface area contributed by atoms with Crippen LogP contribution >= 0.6 is 0 Å². The lowest BCUT2D eigenvalue weighted by Gasteiger charge is -2.43. The zero-order valence-corrected chi connectivity index (χ0v) is 21.8. The predicted octanol–water partition coefficient (Wildman–Crippen LogP) is 3.13. The molecule has 6 rings (SSSR count). The lowest BCUT2D eigenvalue weighted by atomic mass is 9.82. The second kappa shape index (κ2) is 10.9. The first-order chi connectivity index (χ1) is 18.5. The van der Waals surface area contributed by atoms with Gasteiger partial charge < -0.3 is 24.6 Å². The smallest absolute Gasteiger partial charge is 0.196 e. The summed E-state index contributed by atoms with van der Waals surface area (Å²) in [6, 6.07) is 8.47. The highest BCUT2D eigenvalue weighted by Gasteiger charge is 2.33. The van der Waals surface area contributed by atoms with Gasteiger partial charge in [-0.2, -0.15) is 5.10 Å². The first kappa shape index (κ1) is 25.6. The molecular weight excluding hydrogens is 489 g/mol. The van der Waals surface area contributed by atoms with Crippen LogP contribution in [-0.2, 0) is 9.47 Å². The normalized spacial score (nSPS) is 21.9. The summed E-state index contributed by atoms with van der Waals surface area (Å²) in [5, 5.41) is 26.2. The molecule has 0 amide bonds. The highest BCUT2D eigenvalue weighted by Crippen LogP contribution is 2.43. The van der Waals surface area contributed by atoms with Crippen LogP contribution in [0.15, 0.2) is 30.3 Å². The van der Waals surface area contributed by atoms with E-state index in [-0.39, 0.29) is 17.6 Å². The molecular formula is C28H36FN5O4. The number of anilines is 1. The maximum Gasteiger partial charge on any atom is 0.196 e. The fraction of sp³-hybridized carbons (Fsp3) is 0.571. The lowest BCUT2D eigenvalue weighted by molar-refractivity contribution is -0.0740. The SMILES string of the molecule is COCC1CN(C2CCN(c3cc(C(O)O)nc4c3c(C3CCC3)nn4-c3ccc(F)cc3)CC2)CCO1. The average molecular weight is 526 g/mol. The molecule has 0 spiro atoms. The number of rotatable bonds is 7. The van der Waals surface area contributed by atoms with E-state index in [4.69, 9.17) is 14.6 Å². The minimum absolute atomic E-state index is 0.113. The van der Waals surface area contributed by atoms with E-state index in [1.165, 1.54) is 18.6 Å². The lowest BCUT2D eigenvalue weighted by Crippen LogP contribution is -2.52. The van der Waals surface area contributed by atoms with Gasteiger partial charge in [0, 0.05) is 45.2 Å². The van der Waals surface area contributed by atoms with Gasteiger partial charge in [0.05, 0.1) is 41.8 Å². The Morgan fingerprint density at radius 1 is 1.11 bits per heavy atom. The number of hydrogen-bond donors (Lipinski definition) is 2. The minimum atomic E-state index is -1.70. The Hall–Kier alpha value is -2.63. The number of fused-ring (bicyclic) bond motifs is 1. The molecule has 2 N–H and O–H groups in total. The molecule has 1 atom stereocenters. The number of piperidine rings is 1. The van der Waals surface area contributed by atoms with Crippen LogP contribution in [0.3, 0.4) is 0 Å². The highest BCUT2D eigenvalue weighted by molar-refractivity contribution is 5.94. The molecule has 2 aliphatic heterocycles. The summed E-state index contributed by atoms with van der Waals surface area (Å²) in [5.74, 6) is 0.0227. The van der Waals surface area contributed by atoms with Crippen molar-refractivity contribution in [3.8, 4) is 5.69 Å². The summed E-state index contributed by atoms with van der Waals surface area (Å²) in [5.41, 5.74) is 3.41. The molecule has 38 heavy (non-hydrogen) atoms. The van der Waals surface area contributed by atoms with Crippen molar-refractivity contribution in [2.24, 2.45) is 0 Å². The third kappa shape index (κ3) is 4.91. The van der Waals surface area contributed by atoms with Crippen LogP contribution in [0.5, 0.6) is 0 Å². The van der Waals surface area contributed by atoms with Crippen LogP contribution in [0.25, 0.3) is 16.7 Å². The van der Waals surface area contributed by atoms with Gasteiger partial charge in [0.25, 0.3) is 0 Å². The number of aliphatic hydroxyl groups excluding tert-OH is 1. The van der Waals surface area contributed by atoms with Crippen LogP contribution in [0.4, 0.5) is 10.1 Å². The van der Waals surface area contributed by atoms with E-state index in [0.717, 1.165) is 75.2 Å². The third-order valence-electron chi connectivity index (χ3n) is 8.34. The van der Waals surface area contributed by atoms with Crippen LogP contribution in [0.2, 0.25) is 0 Å². The molecule has 3 aromatic rings. The van der Waals surface area contributed by atoms with Crippen molar-refractivity contribution in [3.63, 3.8) is 0 Å². The number of halogens is 1. The first-order valence-corrected chi connectivity index (χ1v) is 13.7. The molecule has 4 heterocycles. The summed E-state index contributed by atoms with van der Waals surface area (Å²) in [6.45, 7) is 4.85. The number of aromatic nitrogens is 3. The Labute approximate surface area is 221 Å². The molecule has 0 bridgehead atoms. The average Bonchev–Trinajstić information content (AvgIpc) is 3.27. The zero-order valence-electron chi connectivity index (χ0n) is 21.8. The molecule has 1 saturated carbocycles. The number of ether oxygens (including phenoxy) is 2. The Bertz CT molecular complexity index is 1250. The Kier molecular flexibility index (Phi) is 7.33. The van der Waals surface area contributed by atoms with Crippen molar-refractivity contribution < 1.29 is 24.1 Å². The van der Waals surface area contributed by atoms with Gasteiger partial charge in [-0.05, 0) is 56.0 Å². The van der Waals surface area contributed by atoms with Crippen molar-refractivity contribution in [2.75, 3.05) is 51.4 Å². The van der Waals surface area contributed by atoms with Crippen molar-refractivity contribution in [3.05, 3.63) is 47.5 Å². The summed E-state index contributed by atoms with van der Waals surface area (Å²) in [7, 11) is 1.71. The van der Waals surface area contributed by atoms with E-state index in [0.29, 0.717) is 29.9 Å². The van der Waals surface area contributed by atoms with Gasteiger partial charge in [0.15, 0.2) is 11.9 Å². The van der Waals surface area contributed by atoms with E-state index >= 15 is 0 Å². The number of pyridine rings is 1. The molecule has 2 aromatic heterocycles. The van der Waals surface area contributed by atoms with E-state index in [1.807, 2.05) is 6.07 Å². The molecule has 1 aliphatic carbocycles. The minimum Gasteiger partial charge on any atom is -0.382 e. The summed E-state index contributed by atoms with van der Waals surface area (Å²) < 4.78 is 26.6. The monoisotopic (exact) mass is 525 g/mol. The zero-order chi connectivity index (χ0) is 26.2. The van der Waals surface area contributed by atoms with E-state index in [2.05, 4.69) is 14.8 Å². The fourth-order valence-corrected chi connectivity index (χ4v) is 6.09. The quantitative estimate of drug-likeness (QED) is 0.455. The van der Waals surface area contributed by atoms with E-state index in [9.17, 15) is 14.6 Å². The number of methoxy groups -OCH3 is 1. The Morgan fingerprint density at radius 2 is 1.87 bits per heavy atom. The Morgan fingerprint density at radius 3 is 2.53 bits per heavy atom.